The fraction of sp³-hybridized carbons (Fsp3) is 0.400. The van der Waals surface area contributed by atoms with Gasteiger partial charge in [-0.25, -0.2) is 5.11 Å². The third-order valence-corrected chi connectivity index (χ3v) is 2.23. The molecule has 1 fully saturated rings. The molecule has 0 aliphatic heterocycles. The summed E-state index contributed by atoms with van der Waals surface area (Å²) in [7, 11) is 0. The summed E-state index contributed by atoms with van der Waals surface area (Å²) in [6.07, 6.45) is 2.55. The first kappa shape index (κ1) is 6.86. The molecule has 1 aliphatic carbocycles. The van der Waals surface area contributed by atoms with E-state index < -0.39 is 0 Å². The lowest BCUT2D eigenvalue weighted by Gasteiger charge is -2.02. The summed E-state index contributed by atoms with van der Waals surface area (Å²) < 4.78 is 0. The lowest BCUT2D eigenvalue weighted by atomic mass is 10.0. The number of benzene rings is 1. The second kappa shape index (κ2) is 2.67. The monoisotopic (exact) mass is 147 g/mol. The van der Waals surface area contributed by atoms with Gasteiger partial charge in [0.25, 0.3) is 0 Å². The first-order valence-electron chi connectivity index (χ1n) is 4.07. The van der Waals surface area contributed by atoms with Gasteiger partial charge in [0.05, 0.1) is 0 Å². The van der Waals surface area contributed by atoms with Crippen molar-refractivity contribution in [3.63, 3.8) is 0 Å². The molecule has 1 saturated carbocycles. The standard InChI is InChI=1S/C10H11O/c11-7-9-3-1-2-4-10(9)8-5-6-8/h1-4,8H,5-7H2. The minimum Gasteiger partial charge on any atom is -0.232 e. The first-order valence-corrected chi connectivity index (χ1v) is 4.07. The Balaban J connectivity index is 2.34. The van der Waals surface area contributed by atoms with E-state index in [0.29, 0.717) is 5.92 Å². The average Bonchev–Trinajstić information content (AvgIpc) is 2.87. The summed E-state index contributed by atoms with van der Waals surface area (Å²) in [5.74, 6) is 0.708. The van der Waals surface area contributed by atoms with Gasteiger partial charge < -0.3 is 0 Å². The molecule has 1 radical (unpaired) electrons. The summed E-state index contributed by atoms with van der Waals surface area (Å²) in [5.41, 5.74) is 2.29. The highest BCUT2D eigenvalue weighted by Gasteiger charge is 2.25. The van der Waals surface area contributed by atoms with Crippen LogP contribution in [0.2, 0.25) is 0 Å². The fourth-order valence-corrected chi connectivity index (χ4v) is 1.46. The van der Waals surface area contributed by atoms with Gasteiger partial charge in [0.1, 0.15) is 6.61 Å². The molecule has 1 heteroatoms. The molecule has 0 unspecified atom stereocenters. The van der Waals surface area contributed by atoms with Gasteiger partial charge in [-0.3, -0.25) is 0 Å². The van der Waals surface area contributed by atoms with Crippen LogP contribution in [0.1, 0.15) is 29.9 Å². The molecule has 0 heterocycles. The van der Waals surface area contributed by atoms with Gasteiger partial charge >= 0.3 is 0 Å². The highest BCUT2D eigenvalue weighted by molar-refractivity contribution is 5.32. The predicted octanol–water partition coefficient (Wildman–Crippen LogP) is 2.49. The largest absolute Gasteiger partial charge is 0.232 e. The zero-order valence-corrected chi connectivity index (χ0v) is 6.42. The topological polar surface area (TPSA) is 19.9 Å². The lowest BCUT2D eigenvalue weighted by molar-refractivity contribution is 0.177. The van der Waals surface area contributed by atoms with Crippen LogP contribution in [0.25, 0.3) is 0 Å². The summed E-state index contributed by atoms with van der Waals surface area (Å²) in [6, 6.07) is 8.00. The first-order chi connectivity index (χ1) is 5.42. The molecule has 1 nitrogen and oxygen atoms in total. The van der Waals surface area contributed by atoms with Crippen LogP contribution in [0.3, 0.4) is 0 Å². The third-order valence-electron chi connectivity index (χ3n) is 2.23. The second-order valence-electron chi connectivity index (χ2n) is 3.12. The second-order valence-corrected chi connectivity index (χ2v) is 3.12. The van der Waals surface area contributed by atoms with Crippen molar-refractivity contribution < 1.29 is 5.11 Å². The summed E-state index contributed by atoms with van der Waals surface area (Å²) in [4.78, 5) is 0. The highest BCUT2D eigenvalue weighted by atomic mass is 16.3. The van der Waals surface area contributed by atoms with Gasteiger partial charge in [0.15, 0.2) is 0 Å². The van der Waals surface area contributed by atoms with Crippen molar-refractivity contribution in [2.45, 2.75) is 25.4 Å². The quantitative estimate of drug-likeness (QED) is 0.612. The Labute approximate surface area is 66.7 Å². The predicted molar refractivity (Wildman–Crippen MR) is 42.8 cm³/mol. The van der Waals surface area contributed by atoms with Crippen LogP contribution in [-0.2, 0) is 11.7 Å². The highest BCUT2D eigenvalue weighted by Crippen LogP contribution is 2.41. The van der Waals surface area contributed by atoms with Crippen LogP contribution in [-0.4, -0.2) is 0 Å². The average molecular weight is 147 g/mol. The normalized spacial score (nSPS) is 16.8. The van der Waals surface area contributed by atoms with Crippen LogP contribution in [0.15, 0.2) is 24.3 Å². The van der Waals surface area contributed by atoms with Crippen LogP contribution >= 0.6 is 0 Å². The third kappa shape index (κ3) is 1.29. The van der Waals surface area contributed by atoms with Crippen molar-refractivity contribution in [3.8, 4) is 0 Å². The number of rotatable bonds is 2. The maximum Gasteiger partial charge on any atom is 0.108 e. The summed E-state index contributed by atoms with van der Waals surface area (Å²) in [6.45, 7) is -0.0628. The number of hydrogen-bond acceptors (Lipinski definition) is 0. The lowest BCUT2D eigenvalue weighted by Crippen LogP contribution is -1.89. The van der Waals surface area contributed by atoms with Crippen molar-refractivity contribution in [1.29, 1.82) is 0 Å². The van der Waals surface area contributed by atoms with Gasteiger partial charge in [-0.05, 0) is 29.9 Å². The van der Waals surface area contributed by atoms with Gasteiger partial charge in [0.2, 0.25) is 0 Å². The van der Waals surface area contributed by atoms with E-state index in [0.717, 1.165) is 5.56 Å². The molecule has 2 rings (SSSR count). The molecule has 1 aromatic rings. The minimum atomic E-state index is -0.0628. The van der Waals surface area contributed by atoms with Crippen LogP contribution in [0.5, 0.6) is 0 Å². The molecular weight excluding hydrogens is 136 g/mol. The summed E-state index contributed by atoms with van der Waals surface area (Å²) in [5, 5.41) is 10.7. The zero-order valence-electron chi connectivity index (χ0n) is 6.42. The fourth-order valence-electron chi connectivity index (χ4n) is 1.46. The van der Waals surface area contributed by atoms with Gasteiger partial charge in [0, 0.05) is 0 Å². The molecule has 0 bridgehead atoms. The molecule has 0 aromatic heterocycles. The van der Waals surface area contributed by atoms with E-state index in [2.05, 4.69) is 6.07 Å². The molecule has 11 heavy (non-hydrogen) atoms. The van der Waals surface area contributed by atoms with Crippen molar-refractivity contribution in [3.05, 3.63) is 35.4 Å². The van der Waals surface area contributed by atoms with Crippen molar-refractivity contribution in [1.82, 2.24) is 0 Å². The molecule has 1 aliphatic rings. The molecule has 0 spiro atoms. The van der Waals surface area contributed by atoms with E-state index in [1.54, 1.807) is 0 Å². The van der Waals surface area contributed by atoms with Crippen molar-refractivity contribution in [2.24, 2.45) is 0 Å². The van der Waals surface area contributed by atoms with E-state index in [-0.39, 0.29) is 6.61 Å². The van der Waals surface area contributed by atoms with Gasteiger partial charge in [-0.1, -0.05) is 24.3 Å². The SMILES string of the molecule is [O]Cc1ccccc1C1CC1. The van der Waals surface area contributed by atoms with Crippen LogP contribution < -0.4 is 0 Å². The molecule has 0 N–H and O–H groups in total. The Kier molecular flexibility index (Phi) is 1.66. The Bertz CT molecular complexity index is 251. The minimum absolute atomic E-state index is 0.0628. The van der Waals surface area contributed by atoms with E-state index in [1.807, 2.05) is 18.2 Å². The Morgan fingerprint density at radius 2 is 2.00 bits per heavy atom. The zero-order chi connectivity index (χ0) is 7.68. The van der Waals surface area contributed by atoms with Crippen LogP contribution in [0.4, 0.5) is 0 Å². The Morgan fingerprint density at radius 3 is 2.64 bits per heavy atom. The van der Waals surface area contributed by atoms with Crippen molar-refractivity contribution in [2.75, 3.05) is 0 Å². The molecule has 1 aromatic carbocycles. The number of hydrogen-bond donors (Lipinski definition) is 0. The Hall–Kier alpha value is -0.820. The smallest absolute Gasteiger partial charge is 0.108 e. The van der Waals surface area contributed by atoms with E-state index >= 15 is 0 Å². The molecule has 0 atom stereocenters. The molecule has 0 amide bonds. The van der Waals surface area contributed by atoms with Gasteiger partial charge in [-0.15, -0.1) is 0 Å². The summed E-state index contributed by atoms with van der Waals surface area (Å²) >= 11 is 0. The van der Waals surface area contributed by atoms with E-state index in [1.165, 1.54) is 18.4 Å². The maximum atomic E-state index is 10.7. The molecule has 0 saturated heterocycles. The van der Waals surface area contributed by atoms with Crippen molar-refractivity contribution >= 4 is 0 Å². The van der Waals surface area contributed by atoms with Gasteiger partial charge in [-0.2, -0.15) is 0 Å². The Morgan fingerprint density at radius 1 is 1.27 bits per heavy atom. The maximum absolute atomic E-state index is 10.7. The van der Waals surface area contributed by atoms with E-state index in [9.17, 15) is 5.11 Å². The molecular formula is C10H11O. The molecule has 57 valence electrons. The van der Waals surface area contributed by atoms with E-state index in [4.69, 9.17) is 0 Å². The van der Waals surface area contributed by atoms with Crippen LogP contribution in [0, 0.1) is 0 Å².